The Morgan fingerprint density at radius 3 is 2.47 bits per heavy atom. The van der Waals surface area contributed by atoms with Crippen molar-refractivity contribution in [3.8, 4) is 22.5 Å². The molecular formula is C24H22N6O3S. The number of carbonyl (C=O) groups is 1. The fourth-order valence-electron chi connectivity index (χ4n) is 4.41. The number of hydrogen-bond donors (Lipinski definition) is 2. The molecule has 3 heterocycles. The molecule has 9 nitrogen and oxygen atoms in total. The van der Waals surface area contributed by atoms with Crippen molar-refractivity contribution in [1.29, 1.82) is 0 Å². The number of nitrogens with zero attached hydrogens (tertiary/aromatic N) is 5. The van der Waals surface area contributed by atoms with Gasteiger partial charge in [0.05, 0.1) is 11.6 Å². The molecule has 0 spiro atoms. The fourth-order valence-corrected chi connectivity index (χ4v) is 5.26. The molecule has 0 bridgehead atoms. The van der Waals surface area contributed by atoms with Gasteiger partial charge in [-0.2, -0.15) is 0 Å². The van der Waals surface area contributed by atoms with Gasteiger partial charge in [0.25, 0.3) is 5.56 Å². The molecule has 10 heteroatoms. The largest absolute Gasteiger partial charge is 0.479 e. The van der Waals surface area contributed by atoms with E-state index in [4.69, 9.17) is 0 Å². The highest BCUT2D eigenvalue weighted by molar-refractivity contribution is 7.98. The average molecular weight is 475 g/mol. The highest BCUT2D eigenvalue weighted by atomic mass is 32.2. The third-order valence-corrected chi connectivity index (χ3v) is 6.83. The lowest BCUT2D eigenvalue weighted by Crippen LogP contribution is -2.35. The number of aromatic amines is 1. The van der Waals surface area contributed by atoms with E-state index in [9.17, 15) is 14.7 Å². The molecule has 0 aliphatic carbocycles. The first-order valence-corrected chi connectivity index (χ1v) is 12.0. The molecule has 2 N–H and O–H groups in total. The van der Waals surface area contributed by atoms with E-state index in [0.29, 0.717) is 17.8 Å². The van der Waals surface area contributed by atoms with E-state index in [1.807, 2.05) is 67.8 Å². The first-order valence-electron chi connectivity index (χ1n) is 10.7. The predicted molar refractivity (Wildman–Crippen MR) is 129 cm³/mol. The Morgan fingerprint density at radius 2 is 1.82 bits per heavy atom. The molecule has 0 saturated carbocycles. The second-order valence-corrected chi connectivity index (χ2v) is 8.85. The molecule has 0 radical (unpaired) electrons. The summed E-state index contributed by atoms with van der Waals surface area (Å²) in [6.45, 7) is 1.95. The molecule has 2 unspecified atom stereocenters. The minimum atomic E-state index is -1.05. The van der Waals surface area contributed by atoms with Gasteiger partial charge in [-0.1, -0.05) is 60.7 Å². The van der Waals surface area contributed by atoms with Gasteiger partial charge in [0, 0.05) is 12.0 Å². The molecule has 1 aliphatic heterocycles. The van der Waals surface area contributed by atoms with Crippen molar-refractivity contribution >= 4 is 17.7 Å². The van der Waals surface area contributed by atoms with Crippen LogP contribution in [0.3, 0.4) is 0 Å². The SMILES string of the molecule is CSc1c(Cc2ccc(-c3ccccc3-c3nnn[nH]3)cc2)c(=O)n2n1C(C)C=CC2C(=O)O. The summed E-state index contributed by atoms with van der Waals surface area (Å²) in [5.74, 6) is -0.458. The van der Waals surface area contributed by atoms with Gasteiger partial charge in [0.2, 0.25) is 0 Å². The normalized spacial score (nSPS) is 17.0. The van der Waals surface area contributed by atoms with Crippen molar-refractivity contribution in [3.63, 3.8) is 0 Å². The summed E-state index contributed by atoms with van der Waals surface area (Å²) in [5.41, 5.74) is 4.18. The molecular weight excluding hydrogens is 452 g/mol. The van der Waals surface area contributed by atoms with Gasteiger partial charge >= 0.3 is 5.97 Å². The van der Waals surface area contributed by atoms with Gasteiger partial charge in [-0.05, 0) is 40.3 Å². The van der Waals surface area contributed by atoms with Crippen LogP contribution in [-0.2, 0) is 11.2 Å². The number of carboxylic acids is 1. The van der Waals surface area contributed by atoms with E-state index < -0.39 is 12.0 Å². The third-order valence-electron chi connectivity index (χ3n) is 6.01. The number of H-pyrrole nitrogens is 1. The van der Waals surface area contributed by atoms with Crippen LogP contribution in [0.2, 0.25) is 0 Å². The smallest absolute Gasteiger partial charge is 0.332 e. The Morgan fingerprint density at radius 1 is 1.09 bits per heavy atom. The number of tetrazole rings is 1. The minimum Gasteiger partial charge on any atom is -0.479 e. The fraction of sp³-hybridized carbons (Fsp3) is 0.208. The number of thioether (sulfide) groups is 1. The molecule has 5 rings (SSSR count). The number of hydrogen-bond acceptors (Lipinski definition) is 6. The lowest BCUT2D eigenvalue weighted by molar-refractivity contribution is -0.140. The Bertz CT molecular complexity index is 1440. The topological polar surface area (TPSA) is 119 Å². The molecule has 0 amide bonds. The van der Waals surface area contributed by atoms with Gasteiger partial charge in [-0.25, -0.2) is 14.6 Å². The summed E-state index contributed by atoms with van der Waals surface area (Å²) in [6, 6.07) is 14.7. The average Bonchev–Trinajstić information content (AvgIpc) is 3.48. The van der Waals surface area contributed by atoms with Gasteiger partial charge in [-0.15, -0.1) is 16.9 Å². The van der Waals surface area contributed by atoms with Crippen LogP contribution in [0.1, 0.15) is 30.1 Å². The Labute approximate surface area is 199 Å². The Balaban J connectivity index is 1.50. The summed E-state index contributed by atoms with van der Waals surface area (Å²) >= 11 is 1.46. The van der Waals surface area contributed by atoms with Crippen molar-refractivity contribution in [2.75, 3.05) is 6.26 Å². The van der Waals surface area contributed by atoms with E-state index in [1.165, 1.54) is 16.4 Å². The van der Waals surface area contributed by atoms with Gasteiger partial charge in [0.1, 0.15) is 5.03 Å². The third kappa shape index (κ3) is 3.65. The first-order chi connectivity index (χ1) is 16.5. The maximum atomic E-state index is 13.3. The number of nitrogens with one attached hydrogen (secondary N) is 1. The number of carboxylic acid groups (broad SMARTS) is 1. The molecule has 2 aromatic carbocycles. The van der Waals surface area contributed by atoms with Crippen LogP contribution in [0, 0.1) is 0 Å². The number of benzene rings is 2. The summed E-state index contributed by atoms with van der Waals surface area (Å²) < 4.78 is 3.17. The summed E-state index contributed by atoms with van der Waals surface area (Å²) in [4.78, 5) is 25.1. The van der Waals surface area contributed by atoms with Crippen molar-refractivity contribution < 1.29 is 9.90 Å². The lowest BCUT2D eigenvalue weighted by Gasteiger charge is -2.25. The van der Waals surface area contributed by atoms with Crippen LogP contribution in [0.5, 0.6) is 0 Å². The lowest BCUT2D eigenvalue weighted by atomic mass is 9.97. The Kier molecular flexibility index (Phi) is 5.66. The summed E-state index contributed by atoms with van der Waals surface area (Å²) in [5, 5.41) is 24.6. The minimum absolute atomic E-state index is 0.107. The zero-order valence-corrected chi connectivity index (χ0v) is 19.4. The number of allylic oxidation sites excluding steroid dienone is 1. The van der Waals surface area contributed by atoms with E-state index in [1.54, 1.807) is 10.8 Å². The Hall–Kier alpha value is -3.92. The van der Waals surface area contributed by atoms with Crippen LogP contribution in [0.4, 0.5) is 0 Å². The molecule has 1 aliphatic rings. The van der Waals surface area contributed by atoms with Gasteiger partial charge in [0.15, 0.2) is 11.9 Å². The zero-order valence-electron chi connectivity index (χ0n) is 18.5. The zero-order chi connectivity index (χ0) is 23.8. The molecule has 0 saturated heterocycles. The molecule has 34 heavy (non-hydrogen) atoms. The quantitative estimate of drug-likeness (QED) is 0.324. The van der Waals surface area contributed by atoms with Crippen LogP contribution < -0.4 is 5.56 Å². The van der Waals surface area contributed by atoms with Gasteiger partial charge < -0.3 is 5.11 Å². The van der Waals surface area contributed by atoms with E-state index in [2.05, 4.69) is 20.6 Å². The molecule has 172 valence electrons. The number of aliphatic carboxylic acids is 1. The maximum absolute atomic E-state index is 13.3. The van der Waals surface area contributed by atoms with E-state index in [-0.39, 0.29) is 11.6 Å². The van der Waals surface area contributed by atoms with Crippen LogP contribution in [-0.4, -0.2) is 47.3 Å². The van der Waals surface area contributed by atoms with Gasteiger partial charge in [-0.3, -0.25) is 9.48 Å². The highest BCUT2D eigenvalue weighted by Crippen LogP contribution is 2.32. The van der Waals surface area contributed by atoms with Crippen molar-refractivity contribution in [1.82, 2.24) is 30.0 Å². The standard InChI is InChI=1S/C24H22N6O3S/c1-14-7-12-20(24(32)33)30-22(31)19(23(34-2)29(14)30)13-15-8-10-16(11-9-15)17-5-3-4-6-18(17)21-25-27-28-26-21/h3-12,14,20H,13H2,1-2H3,(H,32,33)(H,25,26,27,28). The summed E-state index contributed by atoms with van der Waals surface area (Å²) in [6.07, 6.45) is 5.73. The maximum Gasteiger partial charge on any atom is 0.332 e. The van der Waals surface area contributed by atoms with E-state index >= 15 is 0 Å². The van der Waals surface area contributed by atoms with E-state index in [0.717, 1.165) is 27.3 Å². The number of aromatic nitrogens is 6. The van der Waals surface area contributed by atoms with Crippen LogP contribution in [0.15, 0.2) is 70.5 Å². The number of rotatable bonds is 6. The summed E-state index contributed by atoms with van der Waals surface area (Å²) in [7, 11) is 0. The van der Waals surface area contributed by atoms with Crippen molar-refractivity contribution in [2.24, 2.45) is 0 Å². The highest BCUT2D eigenvalue weighted by Gasteiger charge is 2.31. The van der Waals surface area contributed by atoms with Crippen LogP contribution in [0.25, 0.3) is 22.5 Å². The van der Waals surface area contributed by atoms with Crippen molar-refractivity contribution in [3.05, 3.63) is 82.2 Å². The second kappa shape index (κ2) is 8.79. The number of fused-ring (bicyclic) bond motifs is 1. The monoisotopic (exact) mass is 474 g/mol. The predicted octanol–water partition coefficient (Wildman–Crippen LogP) is 3.57. The van der Waals surface area contributed by atoms with Crippen molar-refractivity contribution in [2.45, 2.75) is 30.5 Å². The second-order valence-electron chi connectivity index (χ2n) is 8.06. The molecule has 2 aromatic heterocycles. The molecule has 4 aromatic rings. The first kappa shape index (κ1) is 21.9. The van der Waals surface area contributed by atoms with Crippen LogP contribution >= 0.6 is 11.8 Å². The molecule has 0 fully saturated rings. The molecule has 2 atom stereocenters.